The number of para-hydroxylation sites is 1. The van der Waals surface area contributed by atoms with Crippen LogP contribution in [-0.2, 0) is 14.3 Å². The zero-order valence-corrected chi connectivity index (χ0v) is 13.9. The highest BCUT2D eigenvalue weighted by Crippen LogP contribution is 2.29. The first-order valence-electron chi connectivity index (χ1n) is 8.04. The molecule has 2 heterocycles. The zero-order valence-electron chi connectivity index (χ0n) is 13.9. The number of rotatable bonds is 6. The van der Waals surface area contributed by atoms with Crippen molar-refractivity contribution in [2.45, 2.75) is 25.2 Å². The summed E-state index contributed by atoms with van der Waals surface area (Å²) in [5.41, 5.74) is 0.882. The van der Waals surface area contributed by atoms with Crippen LogP contribution >= 0.6 is 0 Å². The molecule has 3 rings (SSSR count). The highest BCUT2D eigenvalue weighted by Gasteiger charge is 2.32. The molecular weight excluding hydrogens is 308 g/mol. The van der Waals surface area contributed by atoms with E-state index in [2.05, 4.69) is 20.2 Å². The molecule has 1 aromatic heterocycles. The standard InChI is InChI=1S/C17H22N4O3/c1-23-15(24-2)10-18-17(22)14-8-5-9-21(14)16-12-6-3-4-7-13(12)19-11-20-16/h3-4,6-7,11,14-15H,5,8-10H2,1-2H3,(H,18,22). The predicted octanol–water partition coefficient (Wildman–Crippen LogP) is 1.33. The number of nitrogens with one attached hydrogen (secondary N) is 1. The first kappa shape index (κ1) is 16.6. The van der Waals surface area contributed by atoms with Gasteiger partial charge in [0, 0.05) is 26.2 Å². The normalized spacial score (nSPS) is 17.6. The maximum Gasteiger partial charge on any atom is 0.242 e. The van der Waals surface area contributed by atoms with Gasteiger partial charge in [0.2, 0.25) is 5.91 Å². The van der Waals surface area contributed by atoms with Crippen molar-refractivity contribution in [1.82, 2.24) is 15.3 Å². The Kier molecular flexibility index (Phi) is 5.22. The van der Waals surface area contributed by atoms with Gasteiger partial charge >= 0.3 is 0 Å². The van der Waals surface area contributed by atoms with E-state index in [-0.39, 0.29) is 11.9 Å². The average molecular weight is 330 g/mol. The summed E-state index contributed by atoms with van der Waals surface area (Å²) in [6, 6.07) is 7.61. The molecule has 0 saturated carbocycles. The Labute approximate surface area is 141 Å². The van der Waals surface area contributed by atoms with E-state index in [1.165, 1.54) is 0 Å². The van der Waals surface area contributed by atoms with Crippen LogP contribution in [0.25, 0.3) is 10.9 Å². The van der Waals surface area contributed by atoms with Crippen molar-refractivity contribution in [2.75, 3.05) is 32.2 Å². The van der Waals surface area contributed by atoms with Crippen LogP contribution in [0.1, 0.15) is 12.8 Å². The van der Waals surface area contributed by atoms with Crippen LogP contribution in [0.3, 0.4) is 0 Å². The van der Waals surface area contributed by atoms with Gasteiger partial charge in [-0.1, -0.05) is 12.1 Å². The van der Waals surface area contributed by atoms with Crippen molar-refractivity contribution in [2.24, 2.45) is 0 Å². The number of aromatic nitrogens is 2. The Bertz CT molecular complexity index is 700. The van der Waals surface area contributed by atoms with E-state index in [1.54, 1.807) is 20.5 Å². The second kappa shape index (κ2) is 7.55. The van der Waals surface area contributed by atoms with Crippen molar-refractivity contribution in [3.05, 3.63) is 30.6 Å². The molecule has 0 spiro atoms. The Morgan fingerprint density at radius 2 is 2.12 bits per heavy atom. The van der Waals surface area contributed by atoms with Gasteiger partial charge in [-0.15, -0.1) is 0 Å². The molecule has 1 aliphatic rings. The third-order valence-electron chi connectivity index (χ3n) is 4.32. The van der Waals surface area contributed by atoms with Crippen LogP contribution in [0.2, 0.25) is 0 Å². The lowest BCUT2D eigenvalue weighted by molar-refractivity contribution is -0.128. The quantitative estimate of drug-likeness (QED) is 0.806. The minimum atomic E-state index is -0.441. The van der Waals surface area contributed by atoms with Crippen LogP contribution in [-0.4, -0.2) is 55.5 Å². The van der Waals surface area contributed by atoms with Gasteiger partial charge in [-0.2, -0.15) is 0 Å². The van der Waals surface area contributed by atoms with Crippen molar-refractivity contribution < 1.29 is 14.3 Å². The van der Waals surface area contributed by atoms with Gasteiger partial charge < -0.3 is 19.7 Å². The second-order valence-corrected chi connectivity index (χ2v) is 5.71. The third kappa shape index (κ3) is 3.32. The van der Waals surface area contributed by atoms with E-state index in [0.717, 1.165) is 36.1 Å². The number of hydrogen-bond acceptors (Lipinski definition) is 6. The Hall–Kier alpha value is -2.25. The fourth-order valence-electron chi connectivity index (χ4n) is 3.08. The number of ether oxygens (including phenoxy) is 2. The summed E-state index contributed by atoms with van der Waals surface area (Å²) in [4.78, 5) is 23.4. The lowest BCUT2D eigenvalue weighted by Gasteiger charge is -2.26. The number of hydrogen-bond donors (Lipinski definition) is 1. The van der Waals surface area contributed by atoms with E-state index < -0.39 is 6.29 Å². The maximum absolute atomic E-state index is 12.6. The van der Waals surface area contributed by atoms with Gasteiger partial charge in [0.1, 0.15) is 18.2 Å². The van der Waals surface area contributed by atoms with Crippen LogP contribution in [0, 0.1) is 0 Å². The smallest absolute Gasteiger partial charge is 0.242 e. The summed E-state index contributed by atoms with van der Waals surface area (Å²) in [5, 5.41) is 3.86. The van der Waals surface area contributed by atoms with Gasteiger partial charge in [-0.05, 0) is 25.0 Å². The maximum atomic E-state index is 12.6. The number of methoxy groups -OCH3 is 2. The van der Waals surface area contributed by atoms with Crippen molar-refractivity contribution in [3.8, 4) is 0 Å². The lowest BCUT2D eigenvalue weighted by Crippen LogP contribution is -2.46. The monoisotopic (exact) mass is 330 g/mol. The topological polar surface area (TPSA) is 76.6 Å². The Morgan fingerprint density at radius 1 is 1.33 bits per heavy atom. The number of fused-ring (bicyclic) bond motifs is 1. The van der Waals surface area contributed by atoms with E-state index in [4.69, 9.17) is 9.47 Å². The second-order valence-electron chi connectivity index (χ2n) is 5.71. The minimum absolute atomic E-state index is 0.0331. The fraction of sp³-hybridized carbons (Fsp3) is 0.471. The van der Waals surface area contributed by atoms with Crippen LogP contribution < -0.4 is 10.2 Å². The third-order valence-corrected chi connectivity index (χ3v) is 4.32. The average Bonchev–Trinajstić information content (AvgIpc) is 3.11. The summed E-state index contributed by atoms with van der Waals surface area (Å²) >= 11 is 0. The molecule has 1 N–H and O–H groups in total. The van der Waals surface area contributed by atoms with Gasteiger partial charge in [-0.25, -0.2) is 9.97 Å². The molecule has 1 aromatic carbocycles. The van der Waals surface area contributed by atoms with E-state index in [1.807, 2.05) is 24.3 Å². The SMILES string of the molecule is COC(CNC(=O)C1CCCN1c1ncnc2ccccc12)OC. The van der Waals surface area contributed by atoms with Crippen LogP contribution in [0.5, 0.6) is 0 Å². The summed E-state index contributed by atoms with van der Waals surface area (Å²) in [5.74, 6) is 0.780. The summed E-state index contributed by atoms with van der Waals surface area (Å²) < 4.78 is 10.2. The highest BCUT2D eigenvalue weighted by atomic mass is 16.7. The Balaban J connectivity index is 1.78. The van der Waals surface area contributed by atoms with Crippen molar-refractivity contribution in [3.63, 3.8) is 0 Å². The first-order valence-corrected chi connectivity index (χ1v) is 8.04. The Morgan fingerprint density at radius 3 is 2.92 bits per heavy atom. The van der Waals surface area contributed by atoms with E-state index in [9.17, 15) is 4.79 Å². The molecule has 7 nitrogen and oxygen atoms in total. The molecule has 0 bridgehead atoms. The molecule has 1 fully saturated rings. The molecule has 24 heavy (non-hydrogen) atoms. The lowest BCUT2D eigenvalue weighted by atomic mass is 10.2. The van der Waals surface area contributed by atoms with Gasteiger partial charge in [0.15, 0.2) is 6.29 Å². The zero-order chi connectivity index (χ0) is 16.9. The number of carbonyl (C=O) groups excluding carboxylic acids is 1. The molecule has 1 unspecified atom stereocenters. The van der Waals surface area contributed by atoms with Gasteiger partial charge in [0.25, 0.3) is 0 Å². The molecule has 128 valence electrons. The van der Waals surface area contributed by atoms with Crippen LogP contribution in [0.15, 0.2) is 30.6 Å². The van der Waals surface area contributed by atoms with Gasteiger partial charge in [0.05, 0.1) is 12.1 Å². The number of carbonyl (C=O) groups is 1. The summed E-state index contributed by atoms with van der Waals surface area (Å²) in [6.45, 7) is 1.12. The molecule has 1 aliphatic heterocycles. The molecule has 1 atom stereocenters. The largest absolute Gasteiger partial charge is 0.354 e. The van der Waals surface area contributed by atoms with Gasteiger partial charge in [-0.3, -0.25) is 4.79 Å². The van der Waals surface area contributed by atoms with Crippen LogP contribution in [0.4, 0.5) is 5.82 Å². The highest BCUT2D eigenvalue weighted by molar-refractivity contribution is 5.93. The number of benzene rings is 1. The molecule has 1 amide bonds. The molecule has 7 heteroatoms. The minimum Gasteiger partial charge on any atom is -0.354 e. The molecular formula is C17H22N4O3. The van der Waals surface area contributed by atoms with Crippen molar-refractivity contribution >= 4 is 22.6 Å². The van der Waals surface area contributed by atoms with E-state index in [0.29, 0.717) is 6.54 Å². The fourth-order valence-corrected chi connectivity index (χ4v) is 3.08. The summed E-state index contributed by atoms with van der Waals surface area (Å²) in [6.07, 6.45) is 2.86. The number of anilines is 1. The molecule has 1 saturated heterocycles. The summed E-state index contributed by atoms with van der Waals surface area (Å²) in [7, 11) is 3.10. The van der Waals surface area contributed by atoms with Crippen molar-refractivity contribution in [1.29, 1.82) is 0 Å². The number of amides is 1. The molecule has 0 radical (unpaired) electrons. The van der Waals surface area contributed by atoms with E-state index >= 15 is 0 Å². The number of nitrogens with zero attached hydrogens (tertiary/aromatic N) is 3. The molecule has 0 aliphatic carbocycles. The first-order chi connectivity index (χ1) is 11.7. The predicted molar refractivity (Wildman–Crippen MR) is 90.7 cm³/mol. The molecule has 2 aromatic rings.